The van der Waals surface area contributed by atoms with E-state index in [1.54, 1.807) is 4.90 Å². The molecule has 2 amide bonds. The van der Waals surface area contributed by atoms with E-state index in [0.717, 1.165) is 24.3 Å². The molecule has 5 heteroatoms. The fourth-order valence-corrected chi connectivity index (χ4v) is 3.06. The Morgan fingerprint density at radius 2 is 2.09 bits per heavy atom. The molecule has 2 aliphatic rings. The third kappa shape index (κ3) is 3.71. The van der Waals surface area contributed by atoms with E-state index in [1.165, 1.54) is 12.8 Å². The molecule has 1 aliphatic carbocycles. The summed E-state index contributed by atoms with van der Waals surface area (Å²) in [5.74, 6) is 0.768. The van der Waals surface area contributed by atoms with Crippen LogP contribution in [0.15, 0.2) is 24.3 Å². The summed E-state index contributed by atoms with van der Waals surface area (Å²) in [7, 11) is 0. The number of hydrogen-bond donors (Lipinski definition) is 1. The molecule has 0 radical (unpaired) electrons. The first-order chi connectivity index (χ1) is 10.7. The Bertz CT molecular complexity index is 514. The maximum atomic E-state index is 12.4. The number of morpholine rings is 1. The van der Waals surface area contributed by atoms with Gasteiger partial charge in [-0.25, -0.2) is 4.79 Å². The minimum atomic E-state index is -0.0855. The number of para-hydroxylation sites is 2. The molecule has 22 heavy (non-hydrogen) atoms. The number of carbonyl (C=O) groups is 1. The van der Waals surface area contributed by atoms with E-state index in [-0.39, 0.29) is 18.2 Å². The number of carbonyl (C=O) groups excluding carboxylic acids is 1. The lowest BCUT2D eigenvalue weighted by molar-refractivity contribution is -0.00139. The molecule has 0 aromatic heterocycles. The smallest absolute Gasteiger partial charge is 0.322 e. The Morgan fingerprint density at radius 1 is 1.32 bits per heavy atom. The van der Waals surface area contributed by atoms with Crippen LogP contribution in [0.5, 0.6) is 5.75 Å². The Morgan fingerprint density at radius 3 is 2.86 bits per heavy atom. The highest BCUT2D eigenvalue weighted by atomic mass is 16.5. The zero-order valence-electron chi connectivity index (χ0n) is 13.1. The van der Waals surface area contributed by atoms with Crippen LogP contribution in [-0.2, 0) is 4.74 Å². The second-order valence-corrected chi connectivity index (χ2v) is 6.08. The van der Waals surface area contributed by atoms with Crippen molar-refractivity contribution < 1.29 is 14.3 Å². The van der Waals surface area contributed by atoms with Gasteiger partial charge in [0, 0.05) is 13.1 Å². The number of anilines is 1. The molecule has 2 fully saturated rings. The molecule has 3 rings (SSSR count). The fraction of sp³-hybridized carbons (Fsp3) is 0.588. The predicted molar refractivity (Wildman–Crippen MR) is 85.3 cm³/mol. The Kier molecular flexibility index (Phi) is 4.83. The number of ether oxygens (including phenoxy) is 2. The van der Waals surface area contributed by atoms with Crippen molar-refractivity contribution in [3.63, 3.8) is 0 Å². The van der Waals surface area contributed by atoms with Crippen molar-refractivity contribution in [2.45, 2.75) is 44.8 Å². The highest BCUT2D eigenvalue weighted by Crippen LogP contribution is 2.29. The zero-order valence-corrected chi connectivity index (χ0v) is 13.1. The van der Waals surface area contributed by atoms with Crippen molar-refractivity contribution in [3.8, 4) is 5.75 Å². The van der Waals surface area contributed by atoms with Crippen LogP contribution in [0.2, 0.25) is 0 Å². The molecule has 5 nitrogen and oxygen atoms in total. The normalized spacial score (nSPS) is 22.6. The second-order valence-electron chi connectivity index (χ2n) is 6.08. The van der Waals surface area contributed by atoms with Crippen molar-refractivity contribution >= 4 is 11.7 Å². The first-order valence-electron chi connectivity index (χ1n) is 8.15. The lowest BCUT2D eigenvalue weighted by Gasteiger charge is -2.31. The van der Waals surface area contributed by atoms with Gasteiger partial charge in [0.25, 0.3) is 0 Å². The van der Waals surface area contributed by atoms with Gasteiger partial charge in [0.15, 0.2) is 0 Å². The van der Waals surface area contributed by atoms with E-state index in [1.807, 2.05) is 31.2 Å². The molecule has 0 spiro atoms. The fourth-order valence-electron chi connectivity index (χ4n) is 3.06. The van der Waals surface area contributed by atoms with Crippen molar-refractivity contribution in [2.75, 3.05) is 25.0 Å². The number of nitrogens with zero attached hydrogens (tertiary/aromatic N) is 1. The number of amides is 2. The van der Waals surface area contributed by atoms with Crippen LogP contribution in [0.1, 0.15) is 32.6 Å². The monoisotopic (exact) mass is 304 g/mol. The van der Waals surface area contributed by atoms with E-state index in [0.29, 0.717) is 19.7 Å². The molecule has 120 valence electrons. The summed E-state index contributed by atoms with van der Waals surface area (Å²) in [6, 6.07) is 7.59. The quantitative estimate of drug-likeness (QED) is 0.932. The molecule has 1 N–H and O–H groups in total. The van der Waals surface area contributed by atoms with Crippen LogP contribution in [0.3, 0.4) is 0 Å². The minimum absolute atomic E-state index is 0.0855. The molecule has 1 aromatic rings. The number of nitrogens with one attached hydrogen (secondary N) is 1. The Labute approximate surface area is 131 Å². The van der Waals surface area contributed by atoms with Crippen LogP contribution in [-0.4, -0.2) is 42.8 Å². The lowest BCUT2D eigenvalue weighted by atomic mass is 10.2. The van der Waals surface area contributed by atoms with Gasteiger partial charge in [-0.3, -0.25) is 0 Å². The van der Waals surface area contributed by atoms with Gasteiger partial charge in [-0.1, -0.05) is 12.1 Å². The third-order valence-corrected chi connectivity index (χ3v) is 4.25. The maximum absolute atomic E-state index is 12.4. The van der Waals surface area contributed by atoms with Gasteiger partial charge in [0.1, 0.15) is 5.75 Å². The van der Waals surface area contributed by atoms with Gasteiger partial charge in [-0.15, -0.1) is 0 Å². The van der Waals surface area contributed by atoms with E-state index in [9.17, 15) is 4.79 Å². The van der Waals surface area contributed by atoms with Gasteiger partial charge >= 0.3 is 6.03 Å². The van der Waals surface area contributed by atoms with Gasteiger partial charge < -0.3 is 19.7 Å². The topological polar surface area (TPSA) is 50.8 Å². The summed E-state index contributed by atoms with van der Waals surface area (Å²) in [6.45, 7) is 3.82. The SMILES string of the molecule is C[C@H]1CN(C(=O)Nc2ccccc2OC2CCCC2)CCO1. The maximum Gasteiger partial charge on any atom is 0.322 e. The summed E-state index contributed by atoms with van der Waals surface area (Å²) >= 11 is 0. The van der Waals surface area contributed by atoms with E-state index in [2.05, 4.69) is 5.32 Å². The van der Waals surface area contributed by atoms with Gasteiger partial charge in [-0.2, -0.15) is 0 Å². The average Bonchev–Trinajstić information content (AvgIpc) is 3.02. The van der Waals surface area contributed by atoms with Crippen LogP contribution in [0.25, 0.3) is 0 Å². The molecule has 1 heterocycles. The zero-order chi connectivity index (χ0) is 15.4. The largest absolute Gasteiger partial charge is 0.488 e. The molecule has 0 unspecified atom stereocenters. The molecule has 1 aliphatic heterocycles. The number of urea groups is 1. The molecule has 1 saturated carbocycles. The lowest BCUT2D eigenvalue weighted by Crippen LogP contribution is -2.46. The van der Waals surface area contributed by atoms with Gasteiger partial charge in [-0.05, 0) is 44.7 Å². The first-order valence-corrected chi connectivity index (χ1v) is 8.15. The van der Waals surface area contributed by atoms with Crippen LogP contribution in [0.4, 0.5) is 10.5 Å². The summed E-state index contributed by atoms with van der Waals surface area (Å²) in [5.41, 5.74) is 0.749. The van der Waals surface area contributed by atoms with E-state index >= 15 is 0 Å². The van der Waals surface area contributed by atoms with Crippen molar-refractivity contribution in [1.29, 1.82) is 0 Å². The molecule has 0 bridgehead atoms. The Hall–Kier alpha value is -1.75. The number of rotatable bonds is 3. The highest BCUT2D eigenvalue weighted by molar-refractivity contribution is 5.91. The van der Waals surface area contributed by atoms with E-state index < -0.39 is 0 Å². The third-order valence-electron chi connectivity index (χ3n) is 4.25. The molecular formula is C17H24N2O3. The summed E-state index contributed by atoms with van der Waals surface area (Å²) in [5, 5.41) is 2.98. The van der Waals surface area contributed by atoms with E-state index in [4.69, 9.17) is 9.47 Å². The van der Waals surface area contributed by atoms with Crippen LogP contribution < -0.4 is 10.1 Å². The van der Waals surface area contributed by atoms with Crippen LogP contribution in [0, 0.1) is 0 Å². The van der Waals surface area contributed by atoms with Crippen molar-refractivity contribution in [1.82, 2.24) is 4.90 Å². The van der Waals surface area contributed by atoms with Gasteiger partial charge in [0.2, 0.25) is 0 Å². The molecular weight excluding hydrogens is 280 g/mol. The standard InChI is InChI=1S/C17H24N2O3/c1-13-12-19(10-11-21-13)17(20)18-15-8-4-5-9-16(15)22-14-6-2-3-7-14/h4-5,8-9,13-14H,2-3,6-7,10-12H2,1H3,(H,18,20)/t13-/m0/s1. The molecule has 1 atom stereocenters. The summed E-state index contributed by atoms with van der Waals surface area (Å²) in [4.78, 5) is 14.2. The van der Waals surface area contributed by atoms with Crippen molar-refractivity contribution in [2.24, 2.45) is 0 Å². The predicted octanol–water partition coefficient (Wildman–Crippen LogP) is 3.26. The summed E-state index contributed by atoms with van der Waals surface area (Å²) < 4.78 is 11.5. The Balaban J connectivity index is 1.64. The average molecular weight is 304 g/mol. The summed E-state index contributed by atoms with van der Waals surface area (Å²) in [6.07, 6.45) is 5.02. The number of benzene rings is 1. The highest BCUT2D eigenvalue weighted by Gasteiger charge is 2.23. The van der Waals surface area contributed by atoms with Crippen molar-refractivity contribution in [3.05, 3.63) is 24.3 Å². The van der Waals surface area contributed by atoms with Gasteiger partial charge in [0.05, 0.1) is 24.5 Å². The minimum Gasteiger partial charge on any atom is -0.488 e. The molecule has 1 saturated heterocycles. The second kappa shape index (κ2) is 7.01. The number of hydrogen-bond acceptors (Lipinski definition) is 3. The van der Waals surface area contributed by atoms with Crippen LogP contribution >= 0.6 is 0 Å². The molecule has 1 aromatic carbocycles. The first kappa shape index (κ1) is 15.2.